The van der Waals surface area contributed by atoms with Gasteiger partial charge in [-0.05, 0) is 46.6 Å². The highest BCUT2D eigenvalue weighted by molar-refractivity contribution is 5.77. The molecule has 1 aromatic heterocycles. The summed E-state index contributed by atoms with van der Waals surface area (Å²) < 4.78 is 0. The summed E-state index contributed by atoms with van der Waals surface area (Å²) in [5, 5.41) is 0. The van der Waals surface area contributed by atoms with E-state index in [-0.39, 0.29) is 11.3 Å². The average molecular weight is 342 g/mol. The van der Waals surface area contributed by atoms with E-state index < -0.39 is 0 Å². The van der Waals surface area contributed by atoms with Crippen molar-refractivity contribution < 1.29 is 4.79 Å². The predicted octanol–water partition coefficient (Wildman–Crippen LogP) is 2.96. The Bertz CT molecular complexity index is 640. The third kappa shape index (κ3) is 4.46. The van der Waals surface area contributed by atoms with E-state index in [0.717, 1.165) is 37.4 Å². The Morgan fingerprint density at radius 2 is 2.12 bits per heavy atom. The van der Waals surface area contributed by atoms with Gasteiger partial charge in [0.1, 0.15) is 0 Å². The zero-order valence-corrected chi connectivity index (χ0v) is 15.8. The molecule has 1 amide bonds. The van der Waals surface area contributed by atoms with Crippen molar-refractivity contribution in [2.24, 2.45) is 5.41 Å². The number of nitrogens with zero attached hydrogens (tertiary/aromatic N) is 4. The number of carbonyl (C=O) groups is 1. The van der Waals surface area contributed by atoms with Gasteiger partial charge in [-0.3, -0.25) is 19.7 Å². The Hall–Kier alpha value is -1.75. The maximum absolute atomic E-state index is 12.5. The quantitative estimate of drug-likeness (QED) is 0.790. The van der Waals surface area contributed by atoms with Gasteiger partial charge in [0.2, 0.25) is 5.91 Å². The summed E-state index contributed by atoms with van der Waals surface area (Å²) in [7, 11) is 0. The number of hydrogen-bond donors (Lipinski definition) is 0. The lowest BCUT2D eigenvalue weighted by atomic mass is 9.73. The van der Waals surface area contributed by atoms with Crippen LogP contribution >= 0.6 is 0 Å². The summed E-state index contributed by atoms with van der Waals surface area (Å²) in [6, 6.07) is 0. The highest BCUT2D eigenvalue weighted by Gasteiger charge is 2.41. The predicted molar refractivity (Wildman–Crippen MR) is 99.0 cm³/mol. The van der Waals surface area contributed by atoms with E-state index in [1.807, 2.05) is 11.8 Å². The normalized spacial score (nSPS) is 25.6. The fourth-order valence-corrected chi connectivity index (χ4v) is 4.17. The second-order valence-corrected chi connectivity index (χ2v) is 7.85. The molecular formula is C20H30N4O. The van der Waals surface area contributed by atoms with Crippen molar-refractivity contribution in [3.8, 4) is 0 Å². The van der Waals surface area contributed by atoms with Crippen LogP contribution in [0.15, 0.2) is 24.0 Å². The van der Waals surface area contributed by atoms with E-state index in [1.54, 1.807) is 12.4 Å². The van der Waals surface area contributed by atoms with Crippen molar-refractivity contribution in [1.29, 1.82) is 0 Å². The summed E-state index contributed by atoms with van der Waals surface area (Å²) in [4.78, 5) is 25.8. The third-order valence-electron chi connectivity index (χ3n) is 5.64. The Labute approximate surface area is 151 Å². The molecule has 2 fully saturated rings. The van der Waals surface area contributed by atoms with Crippen LogP contribution in [0.5, 0.6) is 0 Å². The molecule has 136 valence electrons. The van der Waals surface area contributed by atoms with Crippen LogP contribution in [0.2, 0.25) is 0 Å². The third-order valence-corrected chi connectivity index (χ3v) is 5.64. The maximum Gasteiger partial charge on any atom is 0.222 e. The smallest absolute Gasteiger partial charge is 0.222 e. The first kappa shape index (κ1) is 18.1. The molecule has 2 saturated heterocycles. The molecule has 3 rings (SSSR count). The van der Waals surface area contributed by atoms with Gasteiger partial charge in [0.15, 0.2) is 0 Å². The van der Waals surface area contributed by atoms with Crippen molar-refractivity contribution in [1.82, 2.24) is 19.8 Å². The van der Waals surface area contributed by atoms with E-state index in [1.165, 1.54) is 25.0 Å². The molecule has 2 aliphatic rings. The summed E-state index contributed by atoms with van der Waals surface area (Å²) in [6.07, 6.45) is 9.91. The lowest BCUT2D eigenvalue weighted by molar-refractivity contribution is -0.140. The zero-order valence-electron chi connectivity index (χ0n) is 15.8. The minimum absolute atomic E-state index is 0.248. The van der Waals surface area contributed by atoms with Gasteiger partial charge in [-0.2, -0.15) is 0 Å². The van der Waals surface area contributed by atoms with Crippen LogP contribution in [0, 0.1) is 12.3 Å². The van der Waals surface area contributed by atoms with Gasteiger partial charge in [0, 0.05) is 37.7 Å². The molecule has 3 heterocycles. The molecule has 1 spiro atoms. The van der Waals surface area contributed by atoms with Crippen molar-refractivity contribution >= 4 is 5.91 Å². The van der Waals surface area contributed by atoms with Gasteiger partial charge in [-0.1, -0.05) is 11.6 Å². The molecule has 1 aromatic rings. The Morgan fingerprint density at radius 1 is 1.28 bits per heavy atom. The van der Waals surface area contributed by atoms with Crippen LogP contribution in [0.4, 0.5) is 0 Å². The number of likely N-dealkylation sites (tertiary alicyclic amines) is 2. The van der Waals surface area contributed by atoms with Crippen molar-refractivity contribution in [2.45, 2.75) is 53.0 Å². The van der Waals surface area contributed by atoms with Gasteiger partial charge in [-0.25, -0.2) is 0 Å². The van der Waals surface area contributed by atoms with Crippen molar-refractivity contribution in [3.63, 3.8) is 0 Å². The van der Waals surface area contributed by atoms with E-state index in [9.17, 15) is 4.79 Å². The largest absolute Gasteiger partial charge is 0.336 e. The second kappa shape index (κ2) is 7.65. The summed E-state index contributed by atoms with van der Waals surface area (Å²) >= 11 is 0. The monoisotopic (exact) mass is 342 g/mol. The standard InChI is InChI=1S/C20H30N4O/c1-4-16(2)12-23-9-5-7-20(14-23)8-6-19(25)24(15-20)13-18-11-21-17(3)10-22-18/h4,10-11H,5-9,12-15H2,1-3H3. The average Bonchev–Trinajstić information content (AvgIpc) is 2.60. The molecule has 0 N–H and O–H groups in total. The molecule has 2 aliphatic heterocycles. The minimum atomic E-state index is 0.248. The fourth-order valence-electron chi connectivity index (χ4n) is 4.17. The van der Waals surface area contributed by atoms with Crippen LogP contribution in [0.3, 0.4) is 0 Å². The van der Waals surface area contributed by atoms with Crippen molar-refractivity contribution in [3.05, 3.63) is 35.4 Å². The minimum Gasteiger partial charge on any atom is -0.336 e. The first-order valence-electron chi connectivity index (χ1n) is 9.39. The molecule has 1 atom stereocenters. The van der Waals surface area contributed by atoms with Crippen LogP contribution in [0.1, 0.15) is 50.9 Å². The van der Waals surface area contributed by atoms with Crippen molar-refractivity contribution in [2.75, 3.05) is 26.2 Å². The Kier molecular flexibility index (Phi) is 5.52. The number of amides is 1. The molecular weight excluding hydrogens is 312 g/mol. The van der Waals surface area contributed by atoms with E-state index in [0.29, 0.717) is 13.0 Å². The van der Waals surface area contributed by atoms with E-state index in [2.05, 4.69) is 34.8 Å². The SMILES string of the molecule is CC=C(C)CN1CCCC2(CCC(=O)N(Cc3cnc(C)cn3)C2)C1. The topological polar surface area (TPSA) is 49.3 Å². The number of rotatable bonds is 4. The first-order valence-corrected chi connectivity index (χ1v) is 9.39. The molecule has 5 nitrogen and oxygen atoms in total. The highest BCUT2D eigenvalue weighted by atomic mass is 16.2. The van der Waals surface area contributed by atoms with E-state index >= 15 is 0 Å². The number of allylic oxidation sites excluding steroid dienone is 1. The molecule has 1 unspecified atom stereocenters. The number of carbonyl (C=O) groups excluding carboxylic acids is 1. The molecule has 0 bridgehead atoms. The van der Waals surface area contributed by atoms with E-state index in [4.69, 9.17) is 0 Å². The molecule has 0 radical (unpaired) electrons. The van der Waals surface area contributed by atoms with Gasteiger partial charge in [0.05, 0.1) is 24.1 Å². The first-order chi connectivity index (χ1) is 12.0. The summed E-state index contributed by atoms with van der Waals surface area (Å²) in [5.41, 5.74) is 3.47. The van der Waals surface area contributed by atoms with Crippen LogP contribution in [-0.4, -0.2) is 51.9 Å². The number of aryl methyl sites for hydroxylation is 1. The Morgan fingerprint density at radius 3 is 2.84 bits per heavy atom. The van der Waals surface area contributed by atoms with Crippen LogP contribution in [-0.2, 0) is 11.3 Å². The molecule has 5 heteroatoms. The maximum atomic E-state index is 12.5. The molecule has 25 heavy (non-hydrogen) atoms. The molecule has 0 aromatic carbocycles. The fraction of sp³-hybridized carbons (Fsp3) is 0.650. The molecule has 0 aliphatic carbocycles. The van der Waals surface area contributed by atoms with Gasteiger partial charge >= 0.3 is 0 Å². The van der Waals surface area contributed by atoms with Gasteiger partial charge in [-0.15, -0.1) is 0 Å². The van der Waals surface area contributed by atoms with Crippen LogP contribution in [0.25, 0.3) is 0 Å². The lowest BCUT2D eigenvalue weighted by Crippen LogP contribution is -2.54. The summed E-state index contributed by atoms with van der Waals surface area (Å²) in [6.45, 7) is 11.0. The Balaban J connectivity index is 1.68. The second-order valence-electron chi connectivity index (χ2n) is 7.85. The van der Waals surface area contributed by atoms with Crippen LogP contribution < -0.4 is 0 Å². The number of hydrogen-bond acceptors (Lipinski definition) is 4. The van der Waals surface area contributed by atoms with Gasteiger partial charge in [0.25, 0.3) is 0 Å². The number of piperidine rings is 2. The number of aromatic nitrogens is 2. The molecule has 0 saturated carbocycles. The summed E-state index contributed by atoms with van der Waals surface area (Å²) in [5.74, 6) is 0.259. The highest BCUT2D eigenvalue weighted by Crippen LogP contribution is 2.39. The zero-order chi connectivity index (χ0) is 17.9. The van der Waals surface area contributed by atoms with Gasteiger partial charge < -0.3 is 4.90 Å². The lowest BCUT2D eigenvalue weighted by Gasteiger charge is -2.48.